The number of guanidine groups is 1. The predicted molar refractivity (Wildman–Crippen MR) is 82.4 cm³/mol. The van der Waals surface area contributed by atoms with E-state index in [1.54, 1.807) is 0 Å². The molecule has 1 saturated carbocycles. The molecule has 0 aromatic heterocycles. The highest BCUT2D eigenvalue weighted by molar-refractivity contribution is 5.92. The van der Waals surface area contributed by atoms with Crippen LogP contribution in [0.25, 0.3) is 0 Å². The zero-order valence-corrected chi connectivity index (χ0v) is 12.0. The normalized spacial score (nSPS) is 24.2. The molecule has 104 valence electrons. The molecule has 0 amide bonds. The first kappa shape index (κ1) is 13.9. The maximum atomic E-state index is 5.96. The van der Waals surface area contributed by atoms with Crippen molar-refractivity contribution in [1.29, 1.82) is 0 Å². The Kier molecular flexibility index (Phi) is 4.83. The minimum atomic E-state index is 0.531. The van der Waals surface area contributed by atoms with Crippen LogP contribution in [-0.2, 0) is 0 Å². The van der Waals surface area contributed by atoms with Crippen LogP contribution in [0.2, 0.25) is 0 Å². The molecule has 2 atom stereocenters. The van der Waals surface area contributed by atoms with Gasteiger partial charge in [-0.1, -0.05) is 38.3 Å². The molecule has 1 aliphatic rings. The molecule has 0 bridgehead atoms. The molecule has 2 unspecified atom stereocenters. The lowest BCUT2D eigenvalue weighted by atomic mass is 9.80. The second-order valence-corrected chi connectivity index (χ2v) is 5.74. The average Bonchev–Trinajstić information content (AvgIpc) is 2.38. The van der Waals surface area contributed by atoms with Crippen molar-refractivity contribution in [3.63, 3.8) is 0 Å². The van der Waals surface area contributed by atoms with Crippen molar-refractivity contribution in [2.45, 2.75) is 39.5 Å². The summed E-state index contributed by atoms with van der Waals surface area (Å²) in [5, 5.41) is 3.16. The third-order valence-corrected chi connectivity index (χ3v) is 4.08. The molecule has 0 heterocycles. The standard InChI is InChI=1S/C16H25N3/c1-12-6-5-9-15(10-12)19-16(17)18-11-14-8-4-3-7-13(14)2/h5-6,9-10,13-14H,3-4,7-8,11H2,1-2H3,(H3,17,18,19). The Hall–Kier alpha value is -1.51. The van der Waals surface area contributed by atoms with Crippen molar-refractivity contribution in [3.05, 3.63) is 29.8 Å². The van der Waals surface area contributed by atoms with Gasteiger partial charge in [0.05, 0.1) is 0 Å². The Morgan fingerprint density at radius 2 is 2.16 bits per heavy atom. The summed E-state index contributed by atoms with van der Waals surface area (Å²) in [5.74, 6) is 2.01. The molecule has 0 radical (unpaired) electrons. The molecule has 3 heteroatoms. The summed E-state index contributed by atoms with van der Waals surface area (Å²) in [5.41, 5.74) is 8.19. The monoisotopic (exact) mass is 259 g/mol. The van der Waals surface area contributed by atoms with E-state index in [4.69, 9.17) is 5.73 Å². The molecule has 1 fully saturated rings. The van der Waals surface area contributed by atoms with Gasteiger partial charge in [-0.05, 0) is 42.9 Å². The topological polar surface area (TPSA) is 50.4 Å². The van der Waals surface area contributed by atoms with Gasteiger partial charge in [-0.2, -0.15) is 0 Å². The molecular formula is C16H25N3. The van der Waals surface area contributed by atoms with E-state index in [1.807, 2.05) is 12.1 Å². The largest absolute Gasteiger partial charge is 0.370 e. The highest BCUT2D eigenvalue weighted by Crippen LogP contribution is 2.29. The molecule has 1 aliphatic carbocycles. The summed E-state index contributed by atoms with van der Waals surface area (Å²) in [6.07, 6.45) is 5.35. The molecule has 3 N–H and O–H groups in total. The smallest absolute Gasteiger partial charge is 0.193 e. The van der Waals surface area contributed by atoms with Crippen LogP contribution in [0, 0.1) is 18.8 Å². The molecule has 2 rings (SSSR count). The highest BCUT2D eigenvalue weighted by Gasteiger charge is 2.20. The fraction of sp³-hybridized carbons (Fsp3) is 0.562. The second kappa shape index (κ2) is 6.60. The van der Waals surface area contributed by atoms with Gasteiger partial charge in [0, 0.05) is 12.2 Å². The summed E-state index contributed by atoms with van der Waals surface area (Å²) in [6, 6.07) is 8.18. The van der Waals surface area contributed by atoms with E-state index in [2.05, 4.69) is 36.3 Å². The molecule has 1 aromatic rings. The zero-order chi connectivity index (χ0) is 13.7. The van der Waals surface area contributed by atoms with Crippen molar-refractivity contribution >= 4 is 11.6 Å². The lowest BCUT2D eigenvalue weighted by Gasteiger charge is -2.27. The fourth-order valence-corrected chi connectivity index (χ4v) is 2.79. The van der Waals surface area contributed by atoms with Gasteiger partial charge in [-0.15, -0.1) is 0 Å². The van der Waals surface area contributed by atoms with Gasteiger partial charge in [0.15, 0.2) is 5.96 Å². The van der Waals surface area contributed by atoms with Gasteiger partial charge in [0.25, 0.3) is 0 Å². The van der Waals surface area contributed by atoms with Crippen LogP contribution < -0.4 is 11.1 Å². The molecule has 3 nitrogen and oxygen atoms in total. The van der Waals surface area contributed by atoms with Crippen LogP contribution >= 0.6 is 0 Å². The van der Waals surface area contributed by atoms with Crippen molar-refractivity contribution in [1.82, 2.24) is 0 Å². The van der Waals surface area contributed by atoms with Crippen molar-refractivity contribution in [3.8, 4) is 0 Å². The minimum absolute atomic E-state index is 0.531. The van der Waals surface area contributed by atoms with E-state index < -0.39 is 0 Å². The summed E-state index contributed by atoms with van der Waals surface area (Å²) >= 11 is 0. The first-order valence-corrected chi connectivity index (χ1v) is 7.29. The van der Waals surface area contributed by atoms with Crippen LogP contribution in [0.1, 0.15) is 38.2 Å². The van der Waals surface area contributed by atoms with Gasteiger partial charge in [-0.25, -0.2) is 0 Å². The van der Waals surface area contributed by atoms with E-state index in [9.17, 15) is 0 Å². The fourth-order valence-electron chi connectivity index (χ4n) is 2.79. The van der Waals surface area contributed by atoms with E-state index in [0.717, 1.165) is 18.2 Å². The van der Waals surface area contributed by atoms with E-state index in [-0.39, 0.29) is 0 Å². The molecule has 0 spiro atoms. The Bertz CT molecular complexity index is 439. The summed E-state index contributed by atoms with van der Waals surface area (Å²) < 4.78 is 0. The summed E-state index contributed by atoms with van der Waals surface area (Å²) in [7, 11) is 0. The predicted octanol–water partition coefficient (Wildman–Crippen LogP) is 3.55. The van der Waals surface area contributed by atoms with E-state index in [1.165, 1.54) is 31.2 Å². The highest BCUT2D eigenvalue weighted by atomic mass is 15.1. The van der Waals surface area contributed by atoms with Gasteiger partial charge >= 0.3 is 0 Å². The molecule has 0 saturated heterocycles. The van der Waals surface area contributed by atoms with E-state index >= 15 is 0 Å². The third kappa shape index (κ3) is 4.27. The van der Waals surface area contributed by atoms with Crippen LogP contribution in [-0.4, -0.2) is 12.5 Å². The van der Waals surface area contributed by atoms with Crippen LogP contribution in [0.5, 0.6) is 0 Å². The van der Waals surface area contributed by atoms with E-state index in [0.29, 0.717) is 11.9 Å². The number of aliphatic imine (C=N–C) groups is 1. The summed E-state index contributed by atoms with van der Waals surface area (Å²) in [4.78, 5) is 4.51. The van der Waals surface area contributed by atoms with Crippen LogP contribution in [0.4, 0.5) is 5.69 Å². The number of aryl methyl sites for hydroxylation is 1. The van der Waals surface area contributed by atoms with Gasteiger partial charge in [0.1, 0.15) is 0 Å². The number of hydrogen-bond donors (Lipinski definition) is 2. The van der Waals surface area contributed by atoms with Crippen LogP contribution in [0.3, 0.4) is 0 Å². The maximum absolute atomic E-state index is 5.96. The number of rotatable bonds is 3. The van der Waals surface area contributed by atoms with Crippen molar-refractivity contribution < 1.29 is 0 Å². The summed E-state index contributed by atoms with van der Waals surface area (Å²) in [6.45, 7) is 5.26. The zero-order valence-electron chi connectivity index (χ0n) is 12.0. The van der Waals surface area contributed by atoms with Crippen LogP contribution in [0.15, 0.2) is 29.3 Å². The number of anilines is 1. The third-order valence-electron chi connectivity index (χ3n) is 4.08. The molecular weight excluding hydrogens is 234 g/mol. The number of benzene rings is 1. The average molecular weight is 259 g/mol. The van der Waals surface area contributed by atoms with Crippen molar-refractivity contribution in [2.75, 3.05) is 11.9 Å². The second-order valence-electron chi connectivity index (χ2n) is 5.74. The quantitative estimate of drug-likeness (QED) is 0.644. The Morgan fingerprint density at radius 3 is 2.89 bits per heavy atom. The number of hydrogen-bond acceptors (Lipinski definition) is 1. The lowest BCUT2D eigenvalue weighted by Crippen LogP contribution is -2.26. The Morgan fingerprint density at radius 1 is 1.37 bits per heavy atom. The lowest BCUT2D eigenvalue weighted by molar-refractivity contribution is 0.264. The number of nitrogens with two attached hydrogens (primary N) is 1. The minimum Gasteiger partial charge on any atom is -0.370 e. The molecule has 1 aromatic carbocycles. The van der Waals surface area contributed by atoms with Gasteiger partial charge in [0.2, 0.25) is 0 Å². The molecule has 0 aliphatic heterocycles. The number of nitrogens with one attached hydrogen (secondary N) is 1. The maximum Gasteiger partial charge on any atom is 0.193 e. The first-order chi connectivity index (χ1) is 9.15. The Labute approximate surface area is 116 Å². The number of nitrogens with zero attached hydrogens (tertiary/aromatic N) is 1. The van der Waals surface area contributed by atoms with Gasteiger partial charge < -0.3 is 11.1 Å². The Balaban J connectivity index is 1.88. The first-order valence-electron chi connectivity index (χ1n) is 7.29. The van der Waals surface area contributed by atoms with Gasteiger partial charge in [-0.3, -0.25) is 4.99 Å². The SMILES string of the molecule is Cc1cccc(NC(N)=NCC2CCCCC2C)c1. The molecule has 19 heavy (non-hydrogen) atoms. The van der Waals surface area contributed by atoms with Crippen molar-refractivity contribution in [2.24, 2.45) is 22.6 Å².